The first-order valence-electron chi connectivity index (χ1n) is 7.27. The minimum Gasteiger partial charge on any atom is -0.398 e. The number of hydrogen-bond donors (Lipinski definition) is 3. The van der Waals surface area contributed by atoms with E-state index in [2.05, 4.69) is 4.72 Å². The molecule has 0 saturated carbocycles. The lowest BCUT2D eigenvalue weighted by atomic mass is 9.97. The van der Waals surface area contributed by atoms with E-state index in [1.165, 1.54) is 0 Å². The summed E-state index contributed by atoms with van der Waals surface area (Å²) in [4.78, 5) is 0.0716. The van der Waals surface area contributed by atoms with Crippen molar-refractivity contribution in [3.05, 3.63) is 23.3 Å². The number of rotatable bonds is 7. The van der Waals surface area contributed by atoms with Crippen LogP contribution in [0.25, 0.3) is 0 Å². The van der Waals surface area contributed by atoms with Crippen molar-refractivity contribution in [3.8, 4) is 0 Å². The van der Waals surface area contributed by atoms with E-state index in [-0.39, 0.29) is 23.0 Å². The van der Waals surface area contributed by atoms with Crippen molar-refractivity contribution in [2.24, 2.45) is 5.92 Å². The van der Waals surface area contributed by atoms with Crippen molar-refractivity contribution in [1.29, 1.82) is 0 Å². The van der Waals surface area contributed by atoms with Gasteiger partial charge in [-0.15, -0.1) is 0 Å². The minimum atomic E-state index is -3.71. The minimum absolute atomic E-state index is 0.00104. The second-order valence-corrected chi connectivity index (χ2v) is 7.21. The monoisotopic (exact) mass is 314 g/mol. The van der Waals surface area contributed by atoms with Crippen molar-refractivity contribution in [3.63, 3.8) is 0 Å². The Labute approximate surface area is 127 Å². The van der Waals surface area contributed by atoms with Crippen LogP contribution in [0.5, 0.6) is 0 Å². The lowest BCUT2D eigenvalue weighted by Gasteiger charge is -2.20. The van der Waals surface area contributed by atoms with Gasteiger partial charge in [0.2, 0.25) is 10.0 Å². The Morgan fingerprint density at radius 3 is 2.24 bits per heavy atom. The molecule has 0 aliphatic rings. The van der Waals surface area contributed by atoms with Gasteiger partial charge < -0.3 is 10.8 Å². The van der Waals surface area contributed by atoms with Gasteiger partial charge in [0.05, 0.1) is 11.8 Å². The fourth-order valence-electron chi connectivity index (χ4n) is 2.32. The van der Waals surface area contributed by atoms with Gasteiger partial charge in [-0.1, -0.05) is 26.7 Å². The fraction of sp³-hybridized carbons (Fsp3) is 0.600. The third-order valence-electron chi connectivity index (χ3n) is 3.99. The molecule has 0 heterocycles. The molecule has 0 bridgehead atoms. The molecule has 1 atom stereocenters. The van der Waals surface area contributed by atoms with Crippen LogP contribution in [-0.4, -0.2) is 26.2 Å². The molecule has 0 radical (unpaired) electrons. The molecule has 1 rings (SSSR count). The number of aliphatic hydroxyl groups is 1. The van der Waals surface area contributed by atoms with E-state index in [0.29, 0.717) is 0 Å². The van der Waals surface area contributed by atoms with Crippen LogP contribution in [0.15, 0.2) is 17.0 Å². The van der Waals surface area contributed by atoms with Crippen molar-refractivity contribution in [2.75, 3.05) is 12.3 Å². The second kappa shape index (κ2) is 7.24. The summed E-state index contributed by atoms with van der Waals surface area (Å²) in [5, 5.41) is 10.0. The zero-order chi connectivity index (χ0) is 16.2. The van der Waals surface area contributed by atoms with Crippen molar-refractivity contribution in [2.45, 2.75) is 51.5 Å². The van der Waals surface area contributed by atoms with Crippen molar-refractivity contribution >= 4 is 15.7 Å². The van der Waals surface area contributed by atoms with Crippen LogP contribution in [0.3, 0.4) is 0 Å². The third-order valence-corrected chi connectivity index (χ3v) is 5.47. The van der Waals surface area contributed by atoms with Crippen LogP contribution >= 0.6 is 0 Å². The molecule has 0 aromatic heterocycles. The first-order chi connectivity index (χ1) is 9.72. The summed E-state index contributed by atoms with van der Waals surface area (Å²) >= 11 is 0. The summed E-state index contributed by atoms with van der Waals surface area (Å²) in [7, 11) is -3.71. The summed E-state index contributed by atoms with van der Waals surface area (Å²) in [6, 6.07) is 3.22. The predicted molar refractivity (Wildman–Crippen MR) is 85.6 cm³/mol. The number of nitrogens with two attached hydrogens (primary N) is 1. The van der Waals surface area contributed by atoms with Crippen molar-refractivity contribution < 1.29 is 13.5 Å². The Hall–Kier alpha value is -1.11. The van der Waals surface area contributed by atoms with Crippen LogP contribution in [0.1, 0.15) is 37.8 Å². The lowest BCUT2D eigenvalue weighted by molar-refractivity contribution is 0.107. The molecule has 5 nitrogen and oxygen atoms in total. The average molecular weight is 314 g/mol. The maximum absolute atomic E-state index is 12.3. The Balaban J connectivity index is 2.90. The largest absolute Gasteiger partial charge is 0.398 e. The Morgan fingerprint density at radius 2 is 1.71 bits per heavy atom. The van der Waals surface area contributed by atoms with E-state index in [4.69, 9.17) is 5.73 Å². The highest BCUT2D eigenvalue weighted by Gasteiger charge is 2.22. The number of benzene rings is 1. The summed E-state index contributed by atoms with van der Waals surface area (Å²) in [6.45, 7) is 7.68. The molecule has 1 aromatic rings. The topological polar surface area (TPSA) is 92.4 Å². The van der Waals surface area contributed by atoms with E-state index in [0.717, 1.165) is 24.0 Å². The van der Waals surface area contributed by atoms with E-state index >= 15 is 0 Å². The van der Waals surface area contributed by atoms with Gasteiger partial charge in [-0.2, -0.15) is 0 Å². The van der Waals surface area contributed by atoms with Crippen LogP contribution in [0.4, 0.5) is 5.69 Å². The normalized spacial score (nSPS) is 13.6. The number of nitrogen functional groups attached to an aromatic ring is 1. The van der Waals surface area contributed by atoms with Crippen LogP contribution < -0.4 is 10.5 Å². The number of hydrogen-bond acceptors (Lipinski definition) is 4. The van der Waals surface area contributed by atoms with E-state index in [9.17, 15) is 13.5 Å². The molecule has 21 heavy (non-hydrogen) atoms. The molecule has 6 heteroatoms. The highest BCUT2D eigenvalue weighted by Crippen LogP contribution is 2.22. The number of sulfonamides is 1. The van der Waals surface area contributed by atoms with Gasteiger partial charge in [0.25, 0.3) is 0 Å². The molecule has 1 unspecified atom stereocenters. The maximum Gasteiger partial charge on any atom is 0.242 e. The molecule has 0 fully saturated rings. The number of nitrogens with one attached hydrogen (secondary N) is 1. The zero-order valence-electron chi connectivity index (χ0n) is 13.2. The lowest BCUT2D eigenvalue weighted by Crippen LogP contribution is -2.36. The molecule has 0 saturated heterocycles. The van der Waals surface area contributed by atoms with E-state index in [1.807, 2.05) is 27.7 Å². The fourth-order valence-corrected chi connectivity index (χ4v) is 3.56. The Bertz CT molecular complexity index is 581. The zero-order valence-corrected chi connectivity index (χ0v) is 14.0. The quantitative estimate of drug-likeness (QED) is 0.671. The molecule has 0 aliphatic carbocycles. The van der Waals surface area contributed by atoms with Gasteiger partial charge in [0.1, 0.15) is 4.90 Å². The maximum atomic E-state index is 12.3. The molecular weight excluding hydrogens is 288 g/mol. The standard InChI is InChI=1S/C15H26N2O3S/c1-5-12(6-2)14(18)9-17-21(19,20)15-8-11(4)10(3)7-13(15)16/h7-8,12,14,17-18H,5-6,9,16H2,1-4H3. The SMILES string of the molecule is CCC(CC)C(O)CNS(=O)(=O)c1cc(C)c(C)cc1N. The molecule has 120 valence electrons. The van der Waals surface area contributed by atoms with Gasteiger partial charge in [-0.25, -0.2) is 13.1 Å². The van der Waals surface area contributed by atoms with E-state index < -0.39 is 16.1 Å². The Kier molecular flexibility index (Phi) is 6.19. The number of anilines is 1. The third kappa shape index (κ3) is 4.43. The second-order valence-electron chi connectivity index (χ2n) is 5.47. The average Bonchev–Trinajstić information content (AvgIpc) is 2.42. The van der Waals surface area contributed by atoms with Crippen LogP contribution in [0.2, 0.25) is 0 Å². The van der Waals surface area contributed by atoms with Gasteiger partial charge in [0, 0.05) is 6.54 Å². The van der Waals surface area contributed by atoms with Gasteiger partial charge in [0.15, 0.2) is 0 Å². The molecule has 4 N–H and O–H groups in total. The molecule has 0 aliphatic heterocycles. The number of aliphatic hydroxyl groups excluding tert-OH is 1. The molecule has 0 spiro atoms. The van der Waals surface area contributed by atoms with Crippen LogP contribution in [0, 0.1) is 19.8 Å². The highest BCUT2D eigenvalue weighted by molar-refractivity contribution is 7.89. The number of aryl methyl sites for hydroxylation is 2. The summed E-state index contributed by atoms with van der Waals surface area (Å²) < 4.78 is 27.1. The van der Waals surface area contributed by atoms with Gasteiger partial charge in [-0.05, 0) is 43.0 Å². The first-order valence-corrected chi connectivity index (χ1v) is 8.75. The Morgan fingerprint density at radius 1 is 1.19 bits per heavy atom. The van der Waals surface area contributed by atoms with E-state index in [1.54, 1.807) is 12.1 Å². The van der Waals surface area contributed by atoms with Gasteiger partial charge >= 0.3 is 0 Å². The molecular formula is C15H26N2O3S. The highest BCUT2D eigenvalue weighted by atomic mass is 32.2. The first kappa shape index (κ1) is 17.9. The van der Waals surface area contributed by atoms with Crippen molar-refractivity contribution in [1.82, 2.24) is 4.72 Å². The molecule has 1 aromatic carbocycles. The van der Waals surface area contributed by atoms with Crippen LogP contribution in [-0.2, 0) is 10.0 Å². The smallest absolute Gasteiger partial charge is 0.242 e. The van der Waals surface area contributed by atoms with Gasteiger partial charge in [-0.3, -0.25) is 0 Å². The summed E-state index contributed by atoms with van der Waals surface area (Å²) in [6.07, 6.45) is 0.929. The predicted octanol–water partition coefficient (Wildman–Crippen LogP) is 1.96. The summed E-state index contributed by atoms with van der Waals surface area (Å²) in [5.41, 5.74) is 7.85. The molecule has 0 amide bonds. The summed E-state index contributed by atoms with van der Waals surface area (Å²) in [5.74, 6) is 0.0878.